The van der Waals surface area contributed by atoms with Gasteiger partial charge in [-0.3, -0.25) is 10.1 Å². The molecule has 0 amide bonds. The first-order valence-corrected chi connectivity index (χ1v) is 10.1. The Bertz CT molecular complexity index is 1020. The largest absolute Gasteiger partial charge is 0.419 e. The van der Waals surface area contributed by atoms with Crippen molar-refractivity contribution in [1.29, 1.82) is 0 Å². The van der Waals surface area contributed by atoms with Crippen molar-refractivity contribution in [2.75, 3.05) is 6.54 Å². The molecule has 2 N–H and O–H groups in total. The highest BCUT2D eigenvalue weighted by Crippen LogP contribution is 2.33. The lowest BCUT2D eigenvalue weighted by molar-refractivity contribution is -0.384. The van der Waals surface area contributed by atoms with E-state index in [1.54, 1.807) is 13.8 Å². The predicted octanol–water partition coefficient (Wildman–Crippen LogP) is 3.85. The van der Waals surface area contributed by atoms with Gasteiger partial charge in [-0.15, -0.1) is 0 Å². The van der Waals surface area contributed by atoms with Crippen LogP contribution in [0.1, 0.15) is 31.0 Å². The minimum absolute atomic E-state index is 0.0896. The zero-order chi connectivity index (χ0) is 22.9. The molecule has 0 aromatic heterocycles. The average molecular weight is 449 g/mol. The molecule has 164 valence electrons. The summed E-state index contributed by atoms with van der Waals surface area (Å²) in [5, 5.41) is 10.8. The number of nitro groups is 1. The number of nitro benzene ring substituents is 1. The van der Waals surface area contributed by atoms with Crippen LogP contribution in [0.2, 0.25) is 0 Å². The van der Waals surface area contributed by atoms with E-state index in [-0.39, 0.29) is 22.7 Å². The molecule has 7 nitrogen and oxygen atoms in total. The summed E-state index contributed by atoms with van der Waals surface area (Å²) in [7, 11) is -4.16. The standard InChI is InChI=1S/C18H19F4N3O4S/c1-11(2)24(30(28,29)14-6-4-13(5-7-14)25(26)27)10-17(23)12-3-8-16(19)15(9-12)18(20,21)22/h3-9,11,17H,10,23H2,1-2H3/t17-/m1/s1. The van der Waals surface area contributed by atoms with Gasteiger partial charge in [-0.05, 0) is 43.7 Å². The number of hydrogen-bond donors (Lipinski definition) is 1. The Balaban J connectivity index is 2.36. The van der Waals surface area contributed by atoms with Gasteiger partial charge < -0.3 is 5.73 Å². The molecular formula is C18H19F4N3O4S. The van der Waals surface area contributed by atoms with Gasteiger partial charge >= 0.3 is 6.18 Å². The first-order chi connectivity index (χ1) is 13.7. The normalized spacial score (nSPS) is 13.6. The van der Waals surface area contributed by atoms with Crippen LogP contribution in [0.3, 0.4) is 0 Å². The summed E-state index contributed by atoms with van der Waals surface area (Å²) in [5.41, 5.74) is 4.07. The van der Waals surface area contributed by atoms with Gasteiger partial charge in [-0.2, -0.15) is 17.5 Å². The van der Waals surface area contributed by atoms with Crippen LogP contribution >= 0.6 is 0 Å². The highest BCUT2D eigenvalue weighted by atomic mass is 32.2. The molecule has 0 unspecified atom stereocenters. The summed E-state index contributed by atoms with van der Waals surface area (Å²) in [4.78, 5) is 9.84. The van der Waals surface area contributed by atoms with Crippen LogP contribution in [0.5, 0.6) is 0 Å². The zero-order valence-electron chi connectivity index (χ0n) is 15.9. The summed E-state index contributed by atoms with van der Waals surface area (Å²) in [5.74, 6) is -1.46. The molecule has 30 heavy (non-hydrogen) atoms. The fourth-order valence-electron chi connectivity index (χ4n) is 2.75. The lowest BCUT2D eigenvalue weighted by atomic mass is 10.0. The molecule has 0 aliphatic rings. The Kier molecular flexibility index (Phi) is 6.84. The SMILES string of the molecule is CC(C)N(C[C@@H](N)c1ccc(F)c(C(F)(F)F)c1)S(=O)(=O)c1ccc([N+](=O)[O-])cc1. The Morgan fingerprint density at radius 2 is 1.70 bits per heavy atom. The van der Waals surface area contributed by atoms with Gasteiger partial charge in [0.2, 0.25) is 10.0 Å². The average Bonchev–Trinajstić information content (AvgIpc) is 2.64. The number of benzene rings is 2. The quantitative estimate of drug-likeness (QED) is 0.393. The highest BCUT2D eigenvalue weighted by molar-refractivity contribution is 7.89. The molecule has 0 spiro atoms. The molecule has 12 heteroatoms. The van der Waals surface area contributed by atoms with E-state index < -0.39 is 44.6 Å². The molecule has 0 aliphatic heterocycles. The first kappa shape index (κ1) is 23.7. The molecule has 0 bridgehead atoms. The van der Waals surface area contributed by atoms with Crippen molar-refractivity contribution in [3.05, 3.63) is 69.5 Å². The van der Waals surface area contributed by atoms with Gasteiger partial charge in [0.05, 0.1) is 15.4 Å². The first-order valence-electron chi connectivity index (χ1n) is 8.63. The minimum atomic E-state index is -4.93. The number of nitrogens with zero attached hydrogens (tertiary/aromatic N) is 2. The molecule has 0 aliphatic carbocycles. The number of nitrogens with two attached hydrogens (primary N) is 1. The third-order valence-corrected chi connectivity index (χ3v) is 6.39. The van der Waals surface area contributed by atoms with E-state index in [1.165, 1.54) is 0 Å². The van der Waals surface area contributed by atoms with E-state index in [0.29, 0.717) is 12.1 Å². The van der Waals surface area contributed by atoms with Gasteiger partial charge in [0.15, 0.2) is 0 Å². The lowest BCUT2D eigenvalue weighted by Gasteiger charge is -2.29. The predicted molar refractivity (Wildman–Crippen MR) is 100 cm³/mol. The minimum Gasteiger partial charge on any atom is -0.323 e. The molecular weight excluding hydrogens is 430 g/mol. The van der Waals surface area contributed by atoms with Crippen LogP contribution in [0.25, 0.3) is 0 Å². The summed E-state index contributed by atoms with van der Waals surface area (Å²) >= 11 is 0. The van der Waals surface area contributed by atoms with Gasteiger partial charge in [-0.1, -0.05) is 6.07 Å². The van der Waals surface area contributed by atoms with Crippen LogP contribution in [-0.2, 0) is 16.2 Å². The van der Waals surface area contributed by atoms with Crippen molar-refractivity contribution >= 4 is 15.7 Å². The van der Waals surface area contributed by atoms with Gasteiger partial charge in [0.1, 0.15) is 5.82 Å². The van der Waals surface area contributed by atoms with E-state index in [9.17, 15) is 36.1 Å². The summed E-state index contributed by atoms with van der Waals surface area (Å²) in [6.45, 7) is 2.70. The number of non-ortho nitro benzene ring substituents is 1. The second kappa shape index (κ2) is 8.66. The fourth-order valence-corrected chi connectivity index (χ4v) is 4.41. The van der Waals surface area contributed by atoms with Crippen LogP contribution < -0.4 is 5.73 Å². The van der Waals surface area contributed by atoms with Gasteiger partial charge in [0.25, 0.3) is 5.69 Å². The number of sulfonamides is 1. The molecule has 2 aromatic rings. The second-order valence-electron chi connectivity index (χ2n) is 6.76. The smallest absolute Gasteiger partial charge is 0.323 e. The summed E-state index contributed by atoms with van der Waals surface area (Å²) < 4.78 is 79.2. The maximum Gasteiger partial charge on any atom is 0.419 e. The van der Waals surface area contributed by atoms with Gasteiger partial charge in [-0.25, -0.2) is 12.8 Å². The van der Waals surface area contributed by atoms with E-state index in [4.69, 9.17) is 5.73 Å². The molecule has 0 radical (unpaired) electrons. The maximum absolute atomic E-state index is 13.5. The number of hydrogen-bond acceptors (Lipinski definition) is 5. The highest BCUT2D eigenvalue weighted by Gasteiger charge is 2.35. The monoisotopic (exact) mass is 449 g/mol. The van der Waals surface area contributed by atoms with Crippen molar-refractivity contribution in [2.24, 2.45) is 5.73 Å². The third kappa shape index (κ3) is 5.12. The van der Waals surface area contributed by atoms with E-state index in [2.05, 4.69) is 0 Å². The maximum atomic E-state index is 13.5. The van der Waals surface area contributed by atoms with Crippen molar-refractivity contribution in [3.63, 3.8) is 0 Å². The van der Waals surface area contributed by atoms with E-state index in [1.807, 2.05) is 0 Å². The summed E-state index contributed by atoms with van der Waals surface area (Å²) in [6.07, 6.45) is -4.93. The number of halogens is 4. The Morgan fingerprint density at radius 3 is 2.17 bits per heavy atom. The van der Waals surface area contributed by atoms with Crippen molar-refractivity contribution < 1.29 is 30.9 Å². The molecule has 1 atom stereocenters. The third-order valence-electron chi connectivity index (χ3n) is 4.33. The Hall–Kier alpha value is -2.57. The molecule has 2 aromatic carbocycles. The fraction of sp³-hybridized carbons (Fsp3) is 0.333. The zero-order valence-corrected chi connectivity index (χ0v) is 16.7. The summed E-state index contributed by atoms with van der Waals surface area (Å²) in [6, 6.07) is 4.62. The van der Waals surface area contributed by atoms with Crippen molar-refractivity contribution in [3.8, 4) is 0 Å². The van der Waals surface area contributed by atoms with Crippen LogP contribution in [0.15, 0.2) is 47.4 Å². The molecule has 0 fully saturated rings. The van der Waals surface area contributed by atoms with Crippen LogP contribution in [0, 0.1) is 15.9 Å². The van der Waals surface area contributed by atoms with Crippen LogP contribution in [0.4, 0.5) is 23.2 Å². The number of alkyl halides is 3. The molecule has 0 saturated heterocycles. The topological polar surface area (TPSA) is 107 Å². The van der Waals surface area contributed by atoms with E-state index in [0.717, 1.165) is 34.6 Å². The molecule has 0 heterocycles. The van der Waals surface area contributed by atoms with Crippen molar-refractivity contribution in [1.82, 2.24) is 4.31 Å². The van der Waals surface area contributed by atoms with Gasteiger partial charge in [0, 0.05) is 30.8 Å². The molecule has 2 rings (SSSR count). The molecule has 0 saturated carbocycles. The van der Waals surface area contributed by atoms with E-state index >= 15 is 0 Å². The van der Waals surface area contributed by atoms with Crippen molar-refractivity contribution in [2.45, 2.75) is 37.0 Å². The number of rotatable bonds is 7. The Labute approximate surface area is 170 Å². The Morgan fingerprint density at radius 1 is 1.13 bits per heavy atom. The lowest BCUT2D eigenvalue weighted by Crippen LogP contribution is -2.41. The van der Waals surface area contributed by atoms with Crippen LogP contribution in [-0.4, -0.2) is 30.2 Å². The second-order valence-corrected chi connectivity index (χ2v) is 8.65.